The predicted molar refractivity (Wildman–Crippen MR) is 197 cm³/mol. The summed E-state index contributed by atoms with van der Waals surface area (Å²) < 4.78 is 14.6. The fourth-order valence-corrected chi connectivity index (χ4v) is 7.29. The van der Waals surface area contributed by atoms with Crippen molar-refractivity contribution in [1.29, 1.82) is 0 Å². The van der Waals surface area contributed by atoms with Gasteiger partial charge in [-0.1, -0.05) is 104 Å². The molecule has 3 rings (SSSR count). The van der Waals surface area contributed by atoms with Crippen molar-refractivity contribution < 1.29 is 4.39 Å². The van der Waals surface area contributed by atoms with Crippen LogP contribution in [0.3, 0.4) is 0 Å². The molecule has 1 aliphatic heterocycles. The molecule has 4 nitrogen and oxygen atoms in total. The maximum absolute atomic E-state index is 14.6. The summed E-state index contributed by atoms with van der Waals surface area (Å²) in [6.45, 7) is 42.2. The van der Waals surface area contributed by atoms with Crippen molar-refractivity contribution in [2.75, 3.05) is 6.54 Å². The van der Waals surface area contributed by atoms with E-state index in [0.29, 0.717) is 36.6 Å². The number of nitrogens with zero attached hydrogens (tertiary/aromatic N) is 1. The quantitative estimate of drug-likeness (QED) is 0.150. The number of fused-ring (bicyclic) bond motifs is 1. The molecule has 0 saturated carbocycles. The van der Waals surface area contributed by atoms with E-state index in [1.807, 2.05) is 6.92 Å². The van der Waals surface area contributed by atoms with Crippen LogP contribution in [0.2, 0.25) is 0 Å². The van der Waals surface area contributed by atoms with Gasteiger partial charge in [-0.05, 0) is 99.2 Å². The molecule has 0 aromatic heterocycles. The second kappa shape index (κ2) is 15.3. The highest BCUT2D eigenvalue weighted by atomic mass is 19.1. The van der Waals surface area contributed by atoms with Crippen LogP contribution >= 0.6 is 0 Å². The molecule has 0 bridgehead atoms. The van der Waals surface area contributed by atoms with Gasteiger partial charge in [-0.3, -0.25) is 0 Å². The number of likely N-dealkylation sites (tertiary alicyclic amines) is 1. The minimum atomic E-state index is -1.26. The second-order valence-electron chi connectivity index (χ2n) is 16.2. The molecule has 0 spiro atoms. The van der Waals surface area contributed by atoms with E-state index in [4.69, 9.17) is 6.58 Å². The monoisotopic (exact) mass is 633 g/mol. The minimum Gasteiger partial charge on any atom is -0.380 e. The van der Waals surface area contributed by atoms with Crippen LogP contribution in [-0.4, -0.2) is 41.3 Å². The van der Waals surface area contributed by atoms with Crippen molar-refractivity contribution >= 4 is 0 Å². The minimum absolute atomic E-state index is 0.000365. The van der Waals surface area contributed by atoms with Crippen LogP contribution in [0.15, 0.2) is 85.5 Å². The van der Waals surface area contributed by atoms with Crippen LogP contribution in [0.4, 0.5) is 4.39 Å². The van der Waals surface area contributed by atoms with Crippen molar-refractivity contribution in [3.8, 4) is 0 Å². The number of benzene rings is 1. The lowest BCUT2D eigenvalue weighted by molar-refractivity contribution is 0.192. The van der Waals surface area contributed by atoms with E-state index < -0.39 is 5.67 Å². The SMILES string of the molecule is C=C(NC(C(=C)N1CC(C(C)C)CC1C(=C)NC(CCC(C)(C)F)C(=C)C(=C)C)C1Cc2ccccc2C1)NC(CC)C(C)(C)C. The Labute approximate surface area is 281 Å². The van der Waals surface area contributed by atoms with Gasteiger partial charge in [0.15, 0.2) is 0 Å². The maximum atomic E-state index is 14.6. The molecule has 1 saturated heterocycles. The Balaban J connectivity index is 1.92. The molecule has 5 unspecified atom stereocenters. The zero-order chi connectivity index (χ0) is 34.6. The normalized spacial score (nSPS) is 20.5. The number of hydrogen-bond donors (Lipinski definition) is 3. The highest BCUT2D eigenvalue weighted by molar-refractivity contribution is 5.35. The van der Waals surface area contributed by atoms with Gasteiger partial charge in [-0.2, -0.15) is 0 Å². The van der Waals surface area contributed by atoms with Crippen LogP contribution < -0.4 is 16.0 Å². The van der Waals surface area contributed by atoms with E-state index in [-0.39, 0.29) is 23.5 Å². The van der Waals surface area contributed by atoms with Gasteiger partial charge < -0.3 is 20.9 Å². The third-order valence-corrected chi connectivity index (χ3v) is 10.4. The Morgan fingerprint density at radius 2 is 1.52 bits per heavy atom. The van der Waals surface area contributed by atoms with Gasteiger partial charge in [-0.25, -0.2) is 4.39 Å². The molecule has 46 heavy (non-hydrogen) atoms. The Morgan fingerprint density at radius 3 is 2.00 bits per heavy atom. The maximum Gasteiger partial charge on any atom is 0.105 e. The second-order valence-corrected chi connectivity index (χ2v) is 16.2. The molecule has 2 aliphatic rings. The molecule has 0 radical (unpaired) electrons. The third kappa shape index (κ3) is 9.78. The van der Waals surface area contributed by atoms with Gasteiger partial charge in [0.05, 0.1) is 23.9 Å². The summed E-state index contributed by atoms with van der Waals surface area (Å²) in [5.74, 6) is 2.22. The van der Waals surface area contributed by atoms with E-state index in [1.54, 1.807) is 13.8 Å². The van der Waals surface area contributed by atoms with E-state index in [9.17, 15) is 4.39 Å². The lowest BCUT2D eigenvalue weighted by Gasteiger charge is -2.40. The summed E-state index contributed by atoms with van der Waals surface area (Å²) in [5.41, 5.74) is 5.53. The Hall–Kier alpha value is -2.95. The van der Waals surface area contributed by atoms with Crippen LogP contribution in [-0.2, 0) is 12.8 Å². The first kappa shape index (κ1) is 37.5. The van der Waals surface area contributed by atoms with Crippen LogP contribution in [0.25, 0.3) is 0 Å². The van der Waals surface area contributed by atoms with Crippen molar-refractivity contribution in [2.24, 2.45) is 23.2 Å². The number of hydrogen-bond acceptors (Lipinski definition) is 4. The van der Waals surface area contributed by atoms with E-state index in [1.165, 1.54) is 11.1 Å². The van der Waals surface area contributed by atoms with Crippen molar-refractivity contribution in [1.82, 2.24) is 20.9 Å². The first-order chi connectivity index (χ1) is 21.3. The number of nitrogens with one attached hydrogen (secondary N) is 3. The molecule has 1 aliphatic carbocycles. The van der Waals surface area contributed by atoms with Crippen LogP contribution in [0, 0.1) is 23.2 Å². The summed E-state index contributed by atoms with van der Waals surface area (Å²) in [5, 5.41) is 11.3. The molecule has 1 aromatic rings. The number of halogens is 1. The summed E-state index contributed by atoms with van der Waals surface area (Å²) in [7, 11) is 0. The van der Waals surface area contributed by atoms with Crippen LogP contribution in [0.5, 0.6) is 0 Å². The molecule has 0 amide bonds. The van der Waals surface area contributed by atoms with E-state index in [2.05, 4.69) is 113 Å². The molecule has 5 heteroatoms. The van der Waals surface area contributed by atoms with E-state index >= 15 is 0 Å². The molecule has 1 heterocycles. The molecule has 1 aromatic carbocycles. The molecule has 5 atom stereocenters. The zero-order valence-electron chi connectivity index (χ0n) is 30.7. The number of alkyl halides is 1. The lowest BCUT2D eigenvalue weighted by Crippen LogP contribution is -2.50. The Morgan fingerprint density at radius 1 is 0.935 bits per heavy atom. The summed E-state index contributed by atoms with van der Waals surface area (Å²) in [6.07, 6.45) is 5.05. The Kier molecular flexibility index (Phi) is 12.5. The summed E-state index contributed by atoms with van der Waals surface area (Å²) in [4.78, 5) is 2.49. The van der Waals surface area contributed by atoms with E-state index in [0.717, 1.165) is 60.6 Å². The average molecular weight is 633 g/mol. The largest absolute Gasteiger partial charge is 0.380 e. The van der Waals surface area contributed by atoms with Gasteiger partial charge in [0.2, 0.25) is 0 Å². The van der Waals surface area contributed by atoms with Crippen molar-refractivity contribution in [3.05, 3.63) is 96.6 Å². The van der Waals surface area contributed by atoms with Crippen molar-refractivity contribution in [2.45, 2.75) is 131 Å². The number of rotatable bonds is 17. The fourth-order valence-electron chi connectivity index (χ4n) is 7.29. The Bertz CT molecular complexity index is 1240. The van der Waals surface area contributed by atoms with Gasteiger partial charge in [0.25, 0.3) is 0 Å². The fraction of sp³-hybridized carbons (Fsp3) is 0.610. The molecule has 1 fully saturated rings. The first-order valence-corrected chi connectivity index (χ1v) is 17.5. The molecular weight excluding hydrogens is 567 g/mol. The first-order valence-electron chi connectivity index (χ1n) is 17.5. The molecular formula is C41H65FN4. The zero-order valence-corrected chi connectivity index (χ0v) is 30.7. The van der Waals surface area contributed by atoms with Gasteiger partial charge >= 0.3 is 0 Å². The third-order valence-electron chi connectivity index (χ3n) is 10.4. The topological polar surface area (TPSA) is 39.3 Å². The van der Waals surface area contributed by atoms with Crippen LogP contribution in [0.1, 0.15) is 99.1 Å². The smallest absolute Gasteiger partial charge is 0.105 e. The van der Waals surface area contributed by atoms with Gasteiger partial charge in [0.1, 0.15) is 5.67 Å². The highest BCUT2D eigenvalue weighted by Gasteiger charge is 2.41. The molecule has 256 valence electrons. The van der Waals surface area contributed by atoms with Gasteiger partial charge in [0, 0.05) is 24.0 Å². The summed E-state index contributed by atoms with van der Waals surface area (Å²) in [6, 6.07) is 9.05. The predicted octanol–water partition coefficient (Wildman–Crippen LogP) is 9.24. The van der Waals surface area contributed by atoms with Gasteiger partial charge in [-0.15, -0.1) is 0 Å². The average Bonchev–Trinajstić information content (AvgIpc) is 3.60. The standard InChI is InChI=1S/C41H65FN4/c1-15-38(40(10,11)12)44-31(9)45-39(34-22-32-18-16-17-19-33(32)23-34)30(8)46-25-35(27(4)5)24-37(46)29(7)43-36(28(6)26(2)3)20-21-41(13,14)42/h16-19,27,34-39,43-45H,2,6-9,15,20-25H2,1,3-5,10-14H3. The van der Waals surface area contributed by atoms with Crippen molar-refractivity contribution in [3.63, 3.8) is 0 Å². The molecule has 3 N–H and O–H groups in total. The lowest BCUT2D eigenvalue weighted by atomic mass is 9.85. The highest BCUT2D eigenvalue weighted by Crippen LogP contribution is 2.39. The summed E-state index contributed by atoms with van der Waals surface area (Å²) >= 11 is 0.